The van der Waals surface area contributed by atoms with E-state index in [1.807, 2.05) is 24.3 Å². The molecule has 3 aromatic carbocycles. The second kappa shape index (κ2) is 11.8. The van der Waals surface area contributed by atoms with Gasteiger partial charge in [0.1, 0.15) is 0 Å². The van der Waals surface area contributed by atoms with Gasteiger partial charge < -0.3 is 19.8 Å². The Morgan fingerprint density at radius 1 is 0.972 bits per heavy atom. The van der Waals surface area contributed by atoms with E-state index in [1.54, 1.807) is 14.2 Å². The lowest BCUT2D eigenvalue weighted by atomic mass is 9.87. The smallest absolute Gasteiger partial charge is 0.221 e. The zero-order chi connectivity index (χ0) is 25.5. The third kappa shape index (κ3) is 5.73. The van der Waals surface area contributed by atoms with E-state index < -0.39 is 0 Å². The number of nitrogens with one attached hydrogen (secondary N) is 2. The molecule has 1 amide bonds. The molecule has 1 heterocycles. The van der Waals surface area contributed by atoms with Crippen LogP contribution in [0.1, 0.15) is 54.9 Å². The standard InChI is InChI=1S/C31H36N2O3/c1-5-23-12-9-13-25-27(20-32-31(23)25)26(24-16-17-28(35-3)29(18-24)36-4)19-30(34)33-21(2)14-15-22-10-7-6-8-11-22/h6-13,16-18,20-21,26,32H,5,14-15,19H2,1-4H3,(H,33,34). The molecule has 0 fully saturated rings. The number of hydrogen-bond donors (Lipinski definition) is 2. The molecule has 5 heteroatoms. The van der Waals surface area contributed by atoms with Gasteiger partial charge in [-0.05, 0) is 60.6 Å². The number of hydrogen-bond acceptors (Lipinski definition) is 3. The summed E-state index contributed by atoms with van der Waals surface area (Å²) in [5, 5.41) is 4.38. The molecule has 2 atom stereocenters. The molecule has 2 N–H and O–H groups in total. The highest BCUT2D eigenvalue weighted by molar-refractivity contribution is 5.88. The van der Waals surface area contributed by atoms with Crippen molar-refractivity contribution in [2.45, 2.75) is 51.5 Å². The number of carbonyl (C=O) groups is 1. The molecule has 4 rings (SSSR count). The summed E-state index contributed by atoms with van der Waals surface area (Å²) < 4.78 is 11.0. The first-order valence-electron chi connectivity index (χ1n) is 12.7. The monoisotopic (exact) mass is 484 g/mol. The van der Waals surface area contributed by atoms with E-state index in [4.69, 9.17) is 9.47 Å². The maximum Gasteiger partial charge on any atom is 0.221 e. The molecular formula is C31H36N2O3. The number of carbonyl (C=O) groups excluding carboxylic acids is 1. The number of ether oxygens (including phenoxy) is 2. The Morgan fingerprint density at radius 3 is 2.47 bits per heavy atom. The highest BCUT2D eigenvalue weighted by Gasteiger charge is 2.24. The molecule has 0 aliphatic heterocycles. The minimum Gasteiger partial charge on any atom is -0.493 e. The summed E-state index contributed by atoms with van der Waals surface area (Å²) in [4.78, 5) is 16.8. The largest absolute Gasteiger partial charge is 0.493 e. The van der Waals surface area contributed by atoms with Gasteiger partial charge in [0, 0.05) is 35.5 Å². The fourth-order valence-corrected chi connectivity index (χ4v) is 4.92. The van der Waals surface area contributed by atoms with E-state index >= 15 is 0 Å². The van der Waals surface area contributed by atoms with E-state index in [0.29, 0.717) is 17.9 Å². The first kappa shape index (κ1) is 25.4. The average Bonchev–Trinajstić information content (AvgIpc) is 3.35. The van der Waals surface area contributed by atoms with Crippen LogP contribution >= 0.6 is 0 Å². The van der Waals surface area contributed by atoms with E-state index in [1.165, 1.54) is 11.1 Å². The lowest BCUT2D eigenvalue weighted by Crippen LogP contribution is -2.33. The van der Waals surface area contributed by atoms with Gasteiger partial charge in [0.25, 0.3) is 0 Å². The molecule has 36 heavy (non-hydrogen) atoms. The summed E-state index contributed by atoms with van der Waals surface area (Å²) >= 11 is 0. The maximum atomic E-state index is 13.3. The summed E-state index contributed by atoms with van der Waals surface area (Å²) in [6.07, 6.45) is 5.16. The van der Waals surface area contributed by atoms with Crippen LogP contribution in [-0.4, -0.2) is 31.2 Å². The molecule has 2 unspecified atom stereocenters. The van der Waals surface area contributed by atoms with Crippen molar-refractivity contribution in [2.75, 3.05) is 14.2 Å². The Labute approximate surface area is 213 Å². The van der Waals surface area contributed by atoms with Crippen LogP contribution < -0.4 is 14.8 Å². The number of aromatic nitrogens is 1. The SMILES string of the molecule is CCc1cccc2c(C(CC(=O)NC(C)CCc3ccccc3)c3ccc(OC)c(OC)c3)c[nH]c12. The third-order valence-corrected chi connectivity index (χ3v) is 6.91. The quantitative estimate of drug-likeness (QED) is 0.259. The first-order chi connectivity index (χ1) is 17.5. The zero-order valence-electron chi connectivity index (χ0n) is 21.6. The van der Waals surface area contributed by atoms with Crippen molar-refractivity contribution >= 4 is 16.8 Å². The highest BCUT2D eigenvalue weighted by atomic mass is 16.5. The Hall–Kier alpha value is -3.73. The van der Waals surface area contributed by atoms with Crippen LogP contribution in [0.3, 0.4) is 0 Å². The normalized spacial score (nSPS) is 12.8. The zero-order valence-corrected chi connectivity index (χ0v) is 21.6. The fraction of sp³-hybridized carbons (Fsp3) is 0.323. The van der Waals surface area contributed by atoms with Gasteiger partial charge in [0.05, 0.1) is 14.2 Å². The van der Waals surface area contributed by atoms with Crippen molar-refractivity contribution in [2.24, 2.45) is 0 Å². The Bertz CT molecular complexity index is 1300. The van der Waals surface area contributed by atoms with Crippen LogP contribution in [0.5, 0.6) is 11.5 Å². The van der Waals surface area contributed by atoms with Crippen LogP contribution in [0.2, 0.25) is 0 Å². The van der Waals surface area contributed by atoms with E-state index in [2.05, 4.69) is 72.8 Å². The molecule has 0 aliphatic carbocycles. The van der Waals surface area contributed by atoms with E-state index in [-0.39, 0.29) is 17.9 Å². The minimum absolute atomic E-state index is 0.0383. The van der Waals surface area contributed by atoms with Crippen molar-refractivity contribution < 1.29 is 14.3 Å². The van der Waals surface area contributed by atoms with Gasteiger partial charge in [-0.1, -0.05) is 61.5 Å². The second-order valence-electron chi connectivity index (χ2n) is 9.30. The predicted molar refractivity (Wildman–Crippen MR) is 146 cm³/mol. The highest BCUT2D eigenvalue weighted by Crippen LogP contribution is 2.38. The van der Waals surface area contributed by atoms with Crippen LogP contribution in [-0.2, 0) is 17.6 Å². The van der Waals surface area contributed by atoms with Gasteiger partial charge in [0.2, 0.25) is 5.91 Å². The van der Waals surface area contributed by atoms with Crippen LogP contribution in [0.15, 0.2) is 72.9 Å². The first-order valence-corrected chi connectivity index (χ1v) is 12.7. The van der Waals surface area contributed by atoms with Gasteiger partial charge in [-0.15, -0.1) is 0 Å². The van der Waals surface area contributed by atoms with E-state index in [9.17, 15) is 4.79 Å². The molecule has 5 nitrogen and oxygen atoms in total. The molecule has 188 valence electrons. The number of H-pyrrole nitrogens is 1. The van der Waals surface area contributed by atoms with Crippen molar-refractivity contribution in [3.05, 3.63) is 95.2 Å². The Kier molecular flexibility index (Phi) is 8.32. The van der Waals surface area contributed by atoms with Crippen LogP contribution in [0.25, 0.3) is 10.9 Å². The summed E-state index contributed by atoms with van der Waals surface area (Å²) in [6, 6.07) is 22.8. The number of fused-ring (bicyclic) bond motifs is 1. The summed E-state index contributed by atoms with van der Waals surface area (Å²) in [7, 11) is 3.27. The molecule has 0 aliphatic rings. The molecular weight excluding hydrogens is 448 g/mol. The number of methoxy groups -OCH3 is 2. The molecule has 0 saturated heterocycles. The minimum atomic E-state index is -0.132. The Balaban J connectivity index is 1.60. The molecule has 4 aromatic rings. The lowest BCUT2D eigenvalue weighted by Gasteiger charge is -2.21. The van der Waals surface area contributed by atoms with Gasteiger partial charge >= 0.3 is 0 Å². The molecule has 0 bridgehead atoms. The van der Waals surface area contributed by atoms with Gasteiger partial charge in [-0.25, -0.2) is 0 Å². The molecule has 0 radical (unpaired) electrons. The number of benzene rings is 3. The summed E-state index contributed by atoms with van der Waals surface area (Å²) in [5.41, 5.74) is 5.82. The average molecular weight is 485 g/mol. The predicted octanol–water partition coefficient (Wildman–Crippen LogP) is 6.41. The van der Waals surface area contributed by atoms with Gasteiger partial charge in [-0.3, -0.25) is 4.79 Å². The third-order valence-electron chi connectivity index (χ3n) is 6.91. The van der Waals surface area contributed by atoms with Crippen LogP contribution in [0, 0.1) is 0 Å². The lowest BCUT2D eigenvalue weighted by molar-refractivity contribution is -0.121. The van der Waals surface area contributed by atoms with E-state index in [0.717, 1.165) is 41.3 Å². The maximum absolute atomic E-state index is 13.3. The van der Waals surface area contributed by atoms with Gasteiger partial charge in [0.15, 0.2) is 11.5 Å². The number of rotatable bonds is 11. The number of aromatic amines is 1. The summed E-state index contributed by atoms with van der Waals surface area (Å²) in [6.45, 7) is 4.23. The topological polar surface area (TPSA) is 63.4 Å². The number of amides is 1. The fourth-order valence-electron chi connectivity index (χ4n) is 4.92. The number of aryl methyl sites for hydroxylation is 2. The van der Waals surface area contributed by atoms with Crippen molar-refractivity contribution in [3.63, 3.8) is 0 Å². The van der Waals surface area contributed by atoms with Crippen molar-refractivity contribution in [3.8, 4) is 11.5 Å². The van der Waals surface area contributed by atoms with Crippen LogP contribution in [0.4, 0.5) is 0 Å². The molecule has 0 spiro atoms. The van der Waals surface area contributed by atoms with Crippen molar-refractivity contribution in [1.29, 1.82) is 0 Å². The summed E-state index contributed by atoms with van der Waals surface area (Å²) in [5.74, 6) is 1.24. The molecule has 1 aromatic heterocycles. The van der Waals surface area contributed by atoms with Gasteiger partial charge in [-0.2, -0.15) is 0 Å². The Morgan fingerprint density at radius 2 is 1.75 bits per heavy atom. The van der Waals surface area contributed by atoms with Crippen molar-refractivity contribution in [1.82, 2.24) is 10.3 Å². The molecule has 0 saturated carbocycles. The second-order valence-corrected chi connectivity index (χ2v) is 9.30. The number of para-hydroxylation sites is 1.